The van der Waals surface area contributed by atoms with Crippen molar-refractivity contribution in [3.8, 4) is 11.6 Å². The van der Waals surface area contributed by atoms with E-state index in [0.29, 0.717) is 17.5 Å². The summed E-state index contributed by atoms with van der Waals surface area (Å²) in [6, 6.07) is 1.93. The molecule has 0 amide bonds. The number of hydrogen-bond acceptors (Lipinski definition) is 3. The largest absolute Gasteiger partial charge is 0.438 e. The van der Waals surface area contributed by atoms with Gasteiger partial charge in [-0.2, -0.15) is 5.10 Å². The monoisotopic (exact) mass is 225 g/mol. The highest BCUT2D eigenvalue weighted by Crippen LogP contribution is 2.22. The van der Waals surface area contributed by atoms with Crippen LogP contribution in [0.15, 0.2) is 10.5 Å². The number of nitrogens with zero attached hydrogens (tertiary/aromatic N) is 3. The minimum absolute atomic E-state index is 0.338. The van der Waals surface area contributed by atoms with Gasteiger partial charge in [-0.3, -0.25) is 4.68 Å². The molecule has 0 atom stereocenters. The predicted molar refractivity (Wildman–Crippen MR) is 57.7 cm³/mol. The van der Waals surface area contributed by atoms with Crippen molar-refractivity contribution in [1.29, 1.82) is 0 Å². The summed E-state index contributed by atoms with van der Waals surface area (Å²) in [6.45, 7) is 3.86. The quantitative estimate of drug-likeness (QED) is 0.738. The maximum atomic E-state index is 5.71. The lowest BCUT2D eigenvalue weighted by Gasteiger charge is -1.89. The molecule has 2 aromatic rings. The molecule has 0 aliphatic rings. The van der Waals surface area contributed by atoms with E-state index in [2.05, 4.69) is 10.1 Å². The van der Waals surface area contributed by atoms with E-state index in [-0.39, 0.29) is 0 Å². The van der Waals surface area contributed by atoms with E-state index >= 15 is 0 Å². The maximum absolute atomic E-state index is 5.71. The first-order chi connectivity index (χ1) is 7.11. The number of rotatable bonds is 2. The summed E-state index contributed by atoms with van der Waals surface area (Å²) < 4.78 is 7.29. The van der Waals surface area contributed by atoms with Gasteiger partial charge in [0, 0.05) is 12.7 Å². The third-order valence-electron chi connectivity index (χ3n) is 2.35. The van der Waals surface area contributed by atoms with Gasteiger partial charge in [0.05, 0.1) is 11.6 Å². The van der Waals surface area contributed by atoms with Crippen LogP contribution in [0, 0.1) is 13.8 Å². The van der Waals surface area contributed by atoms with Gasteiger partial charge in [0.25, 0.3) is 0 Å². The molecular formula is C10H12ClN3O. The Labute approximate surface area is 92.9 Å². The molecule has 0 aliphatic heterocycles. The molecule has 0 aromatic carbocycles. The van der Waals surface area contributed by atoms with Crippen LogP contribution in [0.4, 0.5) is 0 Å². The lowest BCUT2D eigenvalue weighted by Crippen LogP contribution is -1.92. The summed E-state index contributed by atoms with van der Waals surface area (Å²) in [7, 11) is 1.89. The van der Waals surface area contributed by atoms with E-state index in [0.717, 1.165) is 17.1 Å². The zero-order valence-electron chi connectivity index (χ0n) is 8.91. The summed E-state index contributed by atoms with van der Waals surface area (Å²) in [5.74, 6) is 1.58. The van der Waals surface area contributed by atoms with Crippen molar-refractivity contribution >= 4 is 11.6 Å². The Morgan fingerprint density at radius 3 is 2.67 bits per heavy atom. The molecule has 80 valence electrons. The topological polar surface area (TPSA) is 43.9 Å². The van der Waals surface area contributed by atoms with Crippen LogP contribution in [0.2, 0.25) is 0 Å². The fourth-order valence-electron chi connectivity index (χ4n) is 1.33. The fraction of sp³-hybridized carbons (Fsp3) is 0.400. The highest BCUT2D eigenvalue weighted by atomic mass is 35.5. The molecule has 0 bridgehead atoms. The molecule has 0 fully saturated rings. The maximum Gasteiger partial charge on any atom is 0.247 e. The summed E-state index contributed by atoms with van der Waals surface area (Å²) >= 11 is 5.71. The summed E-state index contributed by atoms with van der Waals surface area (Å²) in [5, 5.41) is 4.29. The summed E-state index contributed by atoms with van der Waals surface area (Å²) in [6.07, 6.45) is 0. The molecule has 0 saturated carbocycles. The van der Waals surface area contributed by atoms with E-state index in [1.165, 1.54) is 0 Å². The zero-order valence-corrected chi connectivity index (χ0v) is 9.67. The van der Waals surface area contributed by atoms with E-state index in [1.54, 1.807) is 4.68 Å². The van der Waals surface area contributed by atoms with Crippen LogP contribution in [0.25, 0.3) is 11.6 Å². The molecule has 0 N–H and O–H groups in total. The highest BCUT2D eigenvalue weighted by Gasteiger charge is 2.13. The van der Waals surface area contributed by atoms with Crippen LogP contribution < -0.4 is 0 Å². The Balaban J connectivity index is 2.45. The van der Waals surface area contributed by atoms with Crippen molar-refractivity contribution in [1.82, 2.24) is 14.8 Å². The van der Waals surface area contributed by atoms with Crippen molar-refractivity contribution in [2.24, 2.45) is 7.05 Å². The van der Waals surface area contributed by atoms with Crippen LogP contribution >= 0.6 is 11.6 Å². The molecule has 15 heavy (non-hydrogen) atoms. The molecule has 0 saturated heterocycles. The van der Waals surface area contributed by atoms with Crippen molar-refractivity contribution in [2.75, 3.05) is 0 Å². The molecule has 0 unspecified atom stereocenters. The van der Waals surface area contributed by atoms with Crippen LogP contribution in [0.3, 0.4) is 0 Å². The third-order valence-corrected chi connectivity index (χ3v) is 2.59. The molecule has 2 rings (SSSR count). The van der Waals surface area contributed by atoms with Gasteiger partial charge in [0.1, 0.15) is 11.5 Å². The van der Waals surface area contributed by atoms with Gasteiger partial charge >= 0.3 is 0 Å². The zero-order chi connectivity index (χ0) is 11.0. The number of alkyl halides is 1. The van der Waals surface area contributed by atoms with E-state index in [4.69, 9.17) is 16.0 Å². The average Bonchev–Trinajstić information content (AvgIpc) is 2.71. The predicted octanol–water partition coefficient (Wildman–Crippen LogP) is 2.43. The first kappa shape index (κ1) is 10.2. The molecule has 2 aromatic heterocycles. The number of oxazole rings is 1. The van der Waals surface area contributed by atoms with E-state index in [9.17, 15) is 0 Å². The SMILES string of the molecule is Cc1nc(-c2cc(C)n(C)n2)oc1CCl. The second-order valence-corrected chi connectivity index (χ2v) is 3.72. The van der Waals surface area contributed by atoms with Gasteiger partial charge < -0.3 is 4.42 Å². The van der Waals surface area contributed by atoms with Crippen molar-refractivity contribution < 1.29 is 4.42 Å². The Kier molecular flexibility index (Phi) is 2.52. The second-order valence-electron chi connectivity index (χ2n) is 3.46. The van der Waals surface area contributed by atoms with Crippen molar-refractivity contribution in [3.05, 3.63) is 23.2 Å². The van der Waals surface area contributed by atoms with Gasteiger partial charge in [-0.05, 0) is 19.9 Å². The van der Waals surface area contributed by atoms with Gasteiger partial charge in [-0.1, -0.05) is 0 Å². The van der Waals surface area contributed by atoms with Crippen LogP contribution in [-0.4, -0.2) is 14.8 Å². The lowest BCUT2D eigenvalue weighted by molar-refractivity contribution is 0.532. The normalized spacial score (nSPS) is 10.9. The Hall–Kier alpha value is -1.29. The second kappa shape index (κ2) is 3.70. The summed E-state index contributed by atoms with van der Waals surface area (Å²) in [5.41, 5.74) is 2.63. The van der Waals surface area contributed by atoms with Crippen molar-refractivity contribution in [3.63, 3.8) is 0 Å². The van der Waals surface area contributed by atoms with E-state index < -0.39 is 0 Å². The molecule has 0 radical (unpaired) electrons. The Morgan fingerprint density at radius 1 is 1.47 bits per heavy atom. The standard InChI is InChI=1S/C10H12ClN3O/c1-6-4-8(13-14(6)3)10-12-7(2)9(5-11)15-10/h4H,5H2,1-3H3. The average molecular weight is 226 g/mol. The van der Waals surface area contributed by atoms with Gasteiger partial charge in [-0.15, -0.1) is 11.6 Å². The first-order valence-corrected chi connectivity index (χ1v) is 5.18. The molecule has 4 nitrogen and oxygen atoms in total. The molecule has 5 heteroatoms. The van der Waals surface area contributed by atoms with E-state index in [1.807, 2.05) is 27.0 Å². The lowest BCUT2D eigenvalue weighted by atomic mass is 10.4. The van der Waals surface area contributed by atoms with Gasteiger partial charge in [0.15, 0.2) is 0 Å². The van der Waals surface area contributed by atoms with Gasteiger partial charge in [-0.25, -0.2) is 4.98 Å². The third kappa shape index (κ3) is 1.77. The van der Waals surface area contributed by atoms with Crippen LogP contribution in [0.1, 0.15) is 17.1 Å². The highest BCUT2D eigenvalue weighted by molar-refractivity contribution is 6.16. The molecule has 2 heterocycles. The molecule has 0 spiro atoms. The number of halogens is 1. The molecular weight excluding hydrogens is 214 g/mol. The van der Waals surface area contributed by atoms with Crippen LogP contribution in [-0.2, 0) is 12.9 Å². The minimum atomic E-state index is 0.338. The molecule has 0 aliphatic carbocycles. The smallest absolute Gasteiger partial charge is 0.247 e. The number of aryl methyl sites for hydroxylation is 3. The van der Waals surface area contributed by atoms with Crippen molar-refractivity contribution in [2.45, 2.75) is 19.7 Å². The number of aromatic nitrogens is 3. The first-order valence-electron chi connectivity index (χ1n) is 4.65. The Bertz CT molecular complexity index is 467. The Morgan fingerprint density at radius 2 is 2.20 bits per heavy atom. The van der Waals surface area contributed by atoms with Crippen LogP contribution in [0.5, 0.6) is 0 Å². The summed E-state index contributed by atoms with van der Waals surface area (Å²) in [4.78, 5) is 4.28. The fourth-order valence-corrected chi connectivity index (χ4v) is 1.57. The minimum Gasteiger partial charge on any atom is -0.438 e. The number of hydrogen-bond donors (Lipinski definition) is 0. The van der Waals surface area contributed by atoms with Gasteiger partial charge in [0.2, 0.25) is 5.89 Å².